The van der Waals surface area contributed by atoms with Gasteiger partial charge in [-0.15, -0.1) is 0 Å². The van der Waals surface area contributed by atoms with E-state index in [0.29, 0.717) is 17.5 Å². The summed E-state index contributed by atoms with van der Waals surface area (Å²) in [5.41, 5.74) is 8.07. The number of esters is 1. The van der Waals surface area contributed by atoms with Crippen molar-refractivity contribution in [3.05, 3.63) is 47.7 Å². The normalized spacial score (nSPS) is 14.2. The van der Waals surface area contributed by atoms with Crippen LogP contribution in [-0.2, 0) is 15.1 Å². The van der Waals surface area contributed by atoms with Crippen molar-refractivity contribution in [1.29, 1.82) is 5.26 Å². The topological polar surface area (TPSA) is 93.4 Å². The van der Waals surface area contributed by atoms with Crippen LogP contribution in [0.4, 0.5) is 0 Å². The molecule has 0 bridgehead atoms. The van der Waals surface area contributed by atoms with Crippen LogP contribution in [0.1, 0.15) is 52.2 Å². The van der Waals surface area contributed by atoms with Crippen molar-refractivity contribution < 1.29 is 9.53 Å². The highest BCUT2D eigenvalue weighted by Gasteiger charge is 2.41. The first kappa shape index (κ1) is 19.8. The van der Waals surface area contributed by atoms with Crippen molar-refractivity contribution in [2.75, 3.05) is 0 Å². The summed E-state index contributed by atoms with van der Waals surface area (Å²) in [6.45, 7) is 9.78. The van der Waals surface area contributed by atoms with Gasteiger partial charge in [0.2, 0.25) is 0 Å². The minimum absolute atomic E-state index is 0.173. The predicted octanol–water partition coefficient (Wildman–Crippen LogP) is 3.90. The number of hydrogen-bond donors (Lipinski definition) is 1. The summed E-state index contributed by atoms with van der Waals surface area (Å²) in [7, 11) is 0. The van der Waals surface area contributed by atoms with Gasteiger partial charge in [0.1, 0.15) is 11.6 Å². The maximum absolute atomic E-state index is 12.9. The van der Waals surface area contributed by atoms with Crippen LogP contribution in [-0.4, -0.2) is 21.7 Å². The molecule has 0 fully saturated rings. The molecule has 146 valence electrons. The maximum Gasteiger partial charge on any atom is 0.331 e. The lowest BCUT2D eigenvalue weighted by atomic mass is 9.76. The Kier molecular flexibility index (Phi) is 4.90. The molecule has 1 unspecified atom stereocenters. The van der Waals surface area contributed by atoms with E-state index < -0.39 is 11.5 Å². The third-order valence-electron chi connectivity index (χ3n) is 4.63. The zero-order chi connectivity index (χ0) is 20.7. The number of hydrogen-bond acceptors (Lipinski definition) is 5. The Balaban J connectivity index is 2.16. The molecule has 0 aliphatic rings. The molecule has 1 atom stereocenters. The fourth-order valence-corrected chi connectivity index (χ4v) is 3.57. The second-order valence-corrected chi connectivity index (χ2v) is 8.74. The number of aromatic nitrogens is 2. The average Bonchev–Trinajstić information content (AvgIpc) is 3.02. The summed E-state index contributed by atoms with van der Waals surface area (Å²) >= 11 is 0. The number of rotatable bonds is 4. The Morgan fingerprint density at radius 3 is 2.54 bits per heavy atom. The van der Waals surface area contributed by atoms with E-state index in [2.05, 4.69) is 31.9 Å². The van der Waals surface area contributed by atoms with Crippen molar-refractivity contribution >= 4 is 22.4 Å². The minimum Gasteiger partial charge on any atom is -0.461 e. The molecular weight excluding hydrogens is 352 g/mol. The van der Waals surface area contributed by atoms with E-state index in [0.717, 1.165) is 16.4 Å². The Bertz CT molecular complexity index is 1090. The summed E-state index contributed by atoms with van der Waals surface area (Å²) in [5.74, 6) is -0.427. The molecule has 2 heterocycles. The second-order valence-electron chi connectivity index (χ2n) is 8.74. The molecule has 0 spiro atoms. The van der Waals surface area contributed by atoms with Gasteiger partial charge in [-0.05, 0) is 49.4 Å². The van der Waals surface area contributed by atoms with Crippen LogP contribution in [0.15, 0.2) is 36.5 Å². The summed E-state index contributed by atoms with van der Waals surface area (Å²) in [6.07, 6.45) is 1.75. The number of carbonyl (C=O) groups is 1. The quantitative estimate of drug-likeness (QED) is 0.695. The van der Waals surface area contributed by atoms with Crippen molar-refractivity contribution in [3.8, 4) is 6.07 Å². The van der Waals surface area contributed by atoms with Crippen molar-refractivity contribution in [2.24, 2.45) is 11.1 Å². The molecular formula is C22H26N4O2. The van der Waals surface area contributed by atoms with Gasteiger partial charge < -0.3 is 10.5 Å². The predicted molar refractivity (Wildman–Crippen MR) is 109 cm³/mol. The van der Waals surface area contributed by atoms with Crippen LogP contribution < -0.4 is 5.73 Å². The number of nitrogens with two attached hydrogens (primary N) is 1. The van der Waals surface area contributed by atoms with Crippen LogP contribution in [0.3, 0.4) is 0 Å². The lowest BCUT2D eigenvalue weighted by Gasteiger charge is -2.34. The van der Waals surface area contributed by atoms with E-state index >= 15 is 0 Å². The fourth-order valence-electron chi connectivity index (χ4n) is 3.57. The largest absolute Gasteiger partial charge is 0.461 e. The second kappa shape index (κ2) is 6.92. The number of ether oxygens (including phenoxy) is 1. The van der Waals surface area contributed by atoms with Crippen molar-refractivity contribution in [1.82, 2.24) is 9.61 Å². The fraction of sp³-hybridized carbons (Fsp3) is 0.409. The van der Waals surface area contributed by atoms with Gasteiger partial charge in [0.25, 0.3) is 0 Å². The molecule has 0 amide bonds. The smallest absolute Gasteiger partial charge is 0.331 e. The molecule has 0 saturated heterocycles. The van der Waals surface area contributed by atoms with E-state index in [1.165, 1.54) is 0 Å². The molecule has 3 aromatic rings. The van der Waals surface area contributed by atoms with Crippen molar-refractivity contribution in [3.63, 3.8) is 0 Å². The van der Waals surface area contributed by atoms with E-state index in [1.54, 1.807) is 10.7 Å². The molecule has 2 N–H and O–H groups in total. The Labute approximate surface area is 164 Å². The van der Waals surface area contributed by atoms with E-state index in [4.69, 9.17) is 10.5 Å². The van der Waals surface area contributed by atoms with E-state index in [1.807, 2.05) is 44.2 Å². The Morgan fingerprint density at radius 1 is 1.25 bits per heavy atom. The highest BCUT2D eigenvalue weighted by molar-refractivity contribution is 5.88. The van der Waals surface area contributed by atoms with Gasteiger partial charge in [-0.2, -0.15) is 10.4 Å². The molecule has 6 heteroatoms. The van der Waals surface area contributed by atoms with Crippen LogP contribution in [0.2, 0.25) is 0 Å². The van der Waals surface area contributed by atoms with Gasteiger partial charge in [-0.25, -0.2) is 9.31 Å². The third kappa shape index (κ3) is 3.58. The molecule has 0 saturated carbocycles. The first-order chi connectivity index (χ1) is 13.0. The van der Waals surface area contributed by atoms with Gasteiger partial charge in [0.15, 0.2) is 0 Å². The molecule has 2 aromatic heterocycles. The third-order valence-corrected chi connectivity index (χ3v) is 4.63. The number of fused-ring (bicyclic) bond motifs is 3. The summed E-state index contributed by atoms with van der Waals surface area (Å²) in [6, 6.07) is 11.6. The van der Waals surface area contributed by atoms with E-state index in [9.17, 15) is 10.1 Å². The number of nitrogens with zero attached hydrogens (tertiary/aromatic N) is 3. The average molecular weight is 378 g/mol. The first-order valence-corrected chi connectivity index (χ1v) is 9.36. The van der Waals surface area contributed by atoms with Crippen LogP contribution in [0, 0.1) is 16.7 Å². The minimum atomic E-state index is -1.26. The molecule has 28 heavy (non-hydrogen) atoms. The first-order valence-electron chi connectivity index (χ1n) is 9.36. The monoisotopic (exact) mass is 378 g/mol. The van der Waals surface area contributed by atoms with Crippen LogP contribution >= 0.6 is 0 Å². The lowest BCUT2D eigenvalue weighted by Crippen LogP contribution is -2.49. The van der Waals surface area contributed by atoms with Gasteiger partial charge in [0, 0.05) is 5.39 Å². The standard InChI is InChI=1S/C22H26N4O2/c1-14(2)28-20(27)22(24,13-21(3,4)5)17-7-9-18-15(10-17)6-8-19-16(11-23)12-25-26(18)19/h6-10,12,14H,13,24H2,1-5H3. The number of benzene rings is 1. The summed E-state index contributed by atoms with van der Waals surface area (Å²) < 4.78 is 7.23. The van der Waals surface area contributed by atoms with Gasteiger partial charge >= 0.3 is 5.97 Å². The Morgan fingerprint density at radius 2 is 1.93 bits per heavy atom. The zero-order valence-corrected chi connectivity index (χ0v) is 17.0. The lowest BCUT2D eigenvalue weighted by molar-refractivity contribution is -0.156. The molecule has 6 nitrogen and oxygen atoms in total. The molecule has 1 aromatic carbocycles. The van der Waals surface area contributed by atoms with Crippen LogP contribution in [0.5, 0.6) is 0 Å². The number of nitriles is 1. The number of carbonyl (C=O) groups excluding carboxylic acids is 1. The SMILES string of the molecule is CC(C)OC(=O)C(N)(CC(C)(C)C)c1ccc2c(ccc3c(C#N)cnn32)c1. The molecule has 3 rings (SSSR count). The number of pyridine rings is 1. The van der Waals surface area contributed by atoms with Gasteiger partial charge in [0.05, 0.1) is 28.9 Å². The molecule has 0 aliphatic carbocycles. The summed E-state index contributed by atoms with van der Waals surface area (Å²) in [4.78, 5) is 12.9. The molecule has 0 radical (unpaired) electrons. The summed E-state index contributed by atoms with van der Waals surface area (Å²) in [5, 5.41) is 14.4. The van der Waals surface area contributed by atoms with E-state index in [-0.39, 0.29) is 11.5 Å². The van der Waals surface area contributed by atoms with Crippen molar-refractivity contribution in [2.45, 2.75) is 52.7 Å². The maximum atomic E-state index is 12.9. The highest BCUT2D eigenvalue weighted by atomic mass is 16.5. The Hall–Kier alpha value is -2.91. The van der Waals surface area contributed by atoms with Gasteiger partial charge in [-0.1, -0.05) is 32.9 Å². The van der Waals surface area contributed by atoms with Gasteiger partial charge in [-0.3, -0.25) is 0 Å². The van der Waals surface area contributed by atoms with Crippen LogP contribution in [0.25, 0.3) is 16.4 Å². The highest BCUT2D eigenvalue weighted by Crippen LogP contribution is 2.35. The molecule has 0 aliphatic heterocycles. The zero-order valence-electron chi connectivity index (χ0n) is 17.0.